The standard InChI is InChI=1S/C7H12N2O2/c8-9(11)7(10)6-4-2-1-3-5-6/h4,11H,1-3,5,8H2. The number of allylic oxidation sites excluding steroid dienone is 1. The van der Waals surface area contributed by atoms with Gasteiger partial charge in [-0.1, -0.05) is 6.08 Å². The van der Waals surface area contributed by atoms with Crippen molar-refractivity contribution in [2.24, 2.45) is 5.84 Å². The molecule has 1 rings (SSSR count). The number of rotatable bonds is 1. The minimum atomic E-state index is -0.482. The van der Waals surface area contributed by atoms with Gasteiger partial charge in [0, 0.05) is 5.57 Å². The van der Waals surface area contributed by atoms with Gasteiger partial charge in [-0.15, -0.1) is 5.17 Å². The molecular weight excluding hydrogens is 144 g/mol. The Morgan fingerprint density at radius 2 is 2.36 bits per heavy atom. The number of hydrogen-bond acceptors (Lipinski definition) is 3. The van der Waals surface area contributed by atoms with Crippen molar-refractivity contribution in [3.05, 3.63) is 11.6 Å². The molecule has 0 aromatic carbocycles. The average molecular weight is 156 g/mol. The summed E-state index contributed by atoms with van der Waals surface area (Å²) in [7, 11) is 0. The van der Waals surface area contributed by atoms with E-state index in [0.29, 0.717) is 5.57 Å². The monoisotopic (exact) mass is 156 g/mol. The fraction of sp³-hybridized carbons (Fsp3) is 0.571. The van der Waals surface area contributed by atoms with Crippen LogP contribution in [0, 0.1) is 0 Å². The summed E-state index contributed by atoms with van der Waals surface area (Å²) in [6.45, 7) is 0. The summed E-state index contributed by atoms with van der Waals surface area (Å²) < 4.78 is 0. The van der Waals surface area contributed by atoms with E-state index in [1.54, 1.807) is 0 Å². The Hall–Kier alpha value is -0.870. The number of hydroxylamine groups is 1. The first-order valence-corrected chi connectivity index (χ1v) is 3.69. The van der Waals surface area contributed by atoms with Gasteiger partial charge in [0.15, 0.2) is 0 Å². The van der Waals surface area contributed by atoms with Gasteiger partial charge in [0.2, 0.25) is 0 Å². The zero-order chi connectivity index (χ0) is 8.27. The maximum Gasteiger partial charge on any atom is 0.287 e. The Labute approximate surface area is 65.2 Å². The molecule has 0 heterocycles. The first-order chi connectivity index (χ1) is 5.22. The zero-order valence-electron chi connectivity index (χ0n) is 6.29. The van der Waals surface area contributed by atoms with Gasteiger partial charge in [0.1, 0.15) is 0 Å². The average Bonchev–Trinajstić information content (AvgIpc) is 2.05. The van der Waals surface area contributed by atoms with Crippen LogP contribution in [0.15, 0.2) is 11.6 Å². The molecule has 0 atom stereocenters. The Morgan fingerprint density at radius 3 is 2.82 bits per heavy atom. The van der Waals surface area contributed by atoms with E-state index >= 15 is 0 Å². The lowest BCUT2D eigenvalue weighted by Gasteiger charge is -2.14. The normalized spacial score (nSPS) is 17.5. The van der Waals surface area contributed by atoms with Crippen molar-refractivity contribution in [1.29, 1.82) is 0 Å². The van der Waals surface area contributed by atoms with Crippen LogP contribution in [0.3, 0.4) is 0 Å². The summed E-state index contributed by atoms with van der Waals surface area (Å²) >= 11 is 0. The Morgan fingerprint density at radius 1 is 1.64 bits per heavy atom. The molecule has 0 radical (unpaired) electrons. The van der Waals surface area contributed by atoms with Gasteiger partial charge >= 0.3 is 0 Å². The molecule has 0 fully saturated rings. The second-order valence-corrected chi connectivity index (χ2v) is 2.62. The maximum atomic E-state index is 11.0. The van der Waals surface area contributed by atoms with E-state index in [4.69, 9.17) is 11.0 Å². The van der Waals surface area contributed by atoms with E-state index in [0.717, 1.165) is 25.7 Å². The number of hydrazine groups is 1. The van der Waals surface area contributed by atoms with Crippen LogP contribution in [0.2, 0.25) is 0 Å². The molecule has 1 aliphatic carbocycles. The summed E-state index contributed by atoms with van der Waals surface area (Å²) in [6, 6.07) is 0. The van der Waals surface area contributed by atoms with Gasteiger partial charge in [-0.25, -0.2) is 5.84 Å². The fourth-order valence-corrected chi connectivity index (χ4v) is 1.18. The number of carbonyl (C=O) groups is 1. The van der Waals surface area contributed by atoms with Crippen LogP contribution in [0.25, 0.3) is 0 Å². The summed E-state index contributed by atoms with van der Waals surface area (Å²) in [6.07, 6.45) is 5.60. The van der Waals surface area contributed by atoms with Crippen LogP contribution < -0.4 is 5.84 Å². The second-order valence-electron chi connectivity index (χ2n) is 2.62. The van der Waals surface area contributed by atoms with E-state index in [9.17, 15) is 4.79 Å². The van der Waals surface area contributed by atoms with Crippen molar-refractivity contribution >= 4 is 5.91 Å². The molecule has 1 aliphatic rings. The molecule has 0 aromatic heterocycles. The van der Waals surface area contributed by atoms with Crippen LogP contribution in [-0.2, 0) is 4.79 Å². The second kappa shape index (κ2) is 3.50. The number of nitrogens with zero attached hydrogens (tertiary/aromatic N) is 1. The summed E-state index contributed by atoms with van der Waals surface area (Å²) in [5, 5.41) is 8.74. The van der Waals surface area contributed by atoms with Crippen LogP contribution in [0.1, 0.15) is 25.7 Å². The summed E-state index contributed by atoms with van der Waals surface area (Å²) in [5.74, 6) is 4.38. The molecule has 0 aliphatic heterocycles. The van der Waals surface area contributed by atoms with E-state index < -0.39 is 5.91 Å². The van der Waals surface area contributed by atoms with Gasteiger partial charge < -0.3 is 0 Å². The molecule has 0 saturated carbocycles. The van der Waals surface area contributed by atoms with Gasteiger partial charge in [-0.2, -0.15) is 0 Å². The van der Waals surface area contributed by atoms with Crippen molar-refractivity contribution in [3.8, 4) is 0 Å². The highest BCUT2D eigenvalue weighted by Gasteiger charge is 2.14. The molecule has 0 bridgehead atoms. The van der Waals surface area contributed by atoms with E-state index in [1.165, 1.54) is 0 Å². The van der Waals surface area contributed by atoms with E-state index in [2.05, 4.69) is 0 Å². The van der Waals surface area contributed by atoms with Crippen LogP contribution >= 0.6 is 0 Å². The topological polar surface area (TPSA) is 66.6 Å². The number of amides is 1. The lowest BCUT2D eigenvalue weighted by Crippen LogP contribution is -2.35. The molecule has 3 N–H and O–H groups in total. The van der Waals surface area contributed by atoms with Crippen molar-refractivity contribution in [1.82, 2.24) is 5.17 Å². The largest absolute Gasteiger partial charge is 0.287 e. The first-order valence-electron chi connectivity index (χ1n) is 3.69. The Balaban J connectivity index is 2.58. The van der Waals surface area contributed by atoms with Crippen molar-refractivity contribution < 1.29 is 10.0 Å². The van der Waals surface area contributed by atoms with E-state index in [1.807, 2.05) is 6.08 Å². The third kappa shape index (κ3) is 2.03. The van der Waals surface area contributed by atoms with Gasteiger partial charge in [0.05, 0.1) is 0 Å². The number of nitrogens with two attached hydrogens (primary N) is 1. The SMILES string of the molecule is NN(O)C(=O)C1=CCCCC1. The van der Waals surface area contributed by atoms with E-state index in [-0.39, 0.29) is 5.17 Å². The predicted octanol–water partition coefficient (Wildman–Crippen LogP) is 0.578. The molecule has 4 nitrogen and oxygen atoms in total. The molecule has 11 heavy (non-hydrogen) atoms. The summed E-state index contributed by atoms with van der Waals surface area (Å²) in [5.41, 5.74) is 0.626. The number of hydrogen-bond donors (Lipinski definition) is 2. The van der Waals surface area contributed by atoms with Gasteiger partial charge in [-0.3, -0.25) is 10.0 Å². The molecule has 0 saturated heterocycles. The minimum Gasteiger partial charge on any atom is -0.270 e. The maximum absolute atomic E-state index is 11.0. The third-order valence-electron chi connectivity index (χ3n) is 1.77. The van der Waals surface area contributed by atoms with Gasteiger partial charge in [-0.05, 0) is 25.7 Å². The zero-order valence-corrected chi connectivity index (χ0v) is 6.29. The first kappa shape index (κ1) is 8.23. The smallest absolute Gasteiger partial charge is 0.270 e. The highest BCUT2D eigenvalue weighted by atomic mass is 16.5. The molecule has 62 valence electrons. The predicted molar refractivity (Wildman–Crippen MR) is 39.4 cm³/mol. The Kier molecular flexibility index (Phi) is 2.62. The van der Waals surface area contributed by atoms with Crippen molar-refractivity contribution in [2.75, 3.05) is 0 Å². The van der Waals surface area contributed by atoms with Crippen LogP contribution in [0.5, 0.6) is 0 Å². The molecule has 0 unspecified atom stereocenters. The van der Waals surface area contributed by atoms with Crippen LogP contribution in [-0.4, -0.2) is 16.3 Å². The molecule has 0 aromatic rings. The third-order valence-corrected chi connectivity index (χ3v) is 1.77. The quantitative estimate of drug-likeness (QED) is 0.252. The fourth-order valence-electron chi connectivity index (χ4n) is 1.18. The number of carbonyl (C=O) groups excluding carboxylic acids is 1. The molecule has 1 amide bonds. The lowest BCUT2D eigenvalue weighted by molar-refractivity contribution is -0.161. The minimum absolute atomic E-state index is 0.150. The molecule has 0 spiro atoms. The molecular formula is C7H12N2O2. The van der Waals surface area contributed by atoms with Crippen molar-refractivity contribution in [3.63, 3.8) is 0 Å². The Bertz CT molecular complexity index is 187. The lowest BCUT2D eigenvalue weighted by atomic mass is 9.99. The summed E-state index contributed by atoms with van der Waals surface area (Å²) in [4.78, 5) is 11.0. The molecule has 4 heteroatoms. The highest BCUT2D eigenvalue weighted by molar-refractivity contribution is 5.92. The van der Waals surface area contributed by atoms with Crippen molar-refractivity contribution in [2.45, 2.75) is 25.7 Å². The highest BCUT2D eigenvalue weighted by Crippen LogP contribution is 2.17. The van der Waals surface area contributed by atoms with Gasteiger partial charge in [0.25, 0.3) is 5.91 Å². The van der Waals surface area contributed by atoms with Crippen LogP contribution in [0.4, 0.5) is 0 Å².